The molecule has 0 aliphatic carbocycles. The molecule has 0 N–H and O–H groups in total. The van der Waals surface area contributed by atoms with Gasteiger partial charge in [-0.25, -0.2) is 0 Å². The van der Waals surface area contributed by atoms with E-state index in [1.807, 2.05) is 18.2 Å². The summed E-state index contributed by atoms with van der Waals surface area (Å²) in [6.07, 6.45) is 27.9. The zero-order valence-electron chi connectivity index (χ0n) is 19.2. The number of hydrogen-bond acceptors (Lipinski definition) is 2. The number of furan rings is 2. The Morgan fingerprint density at radius 1 is 0.621 bits per heavy atom. The standard InChI is InChI=1S/C23H42O.C4H4O/c1-3-4-5-6-7-8-9-10-11-12-13-14-15-16-17-19-22(2)23-20-18-21-24-23;1-2-4-5-3-1/h18,20-22H,3-17,19H2,1-2H3;1-4H. The maximum absolute atomic E-state index is 5.47. The molecule has 0 amide bonds. The van der Waals surface area contributed by atoms with Gasteiger partial charge in [-0.15, -0.1) is 0 Å². The van der Waals surface area contributed by atoms with E-state index in [1.54, 1.807) is 18.8 Å². The first-order chi connectivity index (χ1) is 14.3. The zero-order chi connectivity index (χ0) is 20.8. The molecule has 0 aliphatic heterocycles. The van der Waals surface area contributed by atoms with Gasteiger partial charge in [-0.2, -0.15) is 0 Å². The monoisotopic (exact) mass is 402 g/mol. The molecule has 166 valence electrons. The molecule has 2 aromatic heterocycles. The molecule has 0 aromatic carbocycles. The van der Waals surface area contributed by atoms with Gasteiger partial charge in [0.25, 0.3) is 0 Å². The second-order valence-corrected chi connectivity index (χ2v) is 8.45. The van der Waals surface area contributed by atoms with Crippen molar-refractivity contribution in [2.24, 2.45) is 0 Å². The van der Waals surface area contributed by atoms with E-state index in [2.05, 4.69) is 24.3 Å². The van der Waals surface area contributed by atoms with Crippen molar-refractivity contribution in [2.75, 3.05) is 0 Å². The molecule has 2 heteroatoms. The second kappa shape index (κ2) is 19.9. The van der Waals surface area contributed by atoms with Gasteiger partial charge in [-0.05, 0) is 30.7 Å². The largest absolute Gasteiger partial charge is 0.473 e. The van der Waals surface area contributed by atoms with Gasteiger partial charge in [-0.3, -0.25) is 0 Å². The van der Waals surface area contributed by atoms with Gasteiger partial charge in [0.1, 0.15) is 5.76 Å². The van der Waals surface area contributed by atoms with Crippen molar-refractivity contribution in [3.05, 3.63) is 48.8 Å². The van der Waals surface area contributed by atoms with E-state index < -0.39 is 0 Å². The summed E-state index contributed by atoms with van der Waals surface area (Å²) in [5, 5.41) is 0. The van der Waals surface area contributed by atoms with Crippen molar-refractivity contribution in [3.8, 4) is 0 Å². The molecule has 0 saturated heterocycles. The van der Waals surface area contributed by atoms with Crippen LogP contribution < -0.4 is 0 Å². The number of hydrogen-bond donors (Lipinski definition) is 0. The van der Waals surface area contributed by atoms with Gasteiger partial charge in [0, 0.05) is 5.92 Å². The quantitative estimate of drug-likeness (QED) is 0.246. The van der Waals surface area contributed by atoms with E-state index in [0.29, 0.717) is 5.92 Å². The van der Waals surface area contributed by atoms with Gasteiger partial charge >= 0.3 is 0 Å². The van der Waals surface area contributed by atoms with E-state index >= 15 is 0 Å². The van der Waals surface area contributed by atoms with Crippen LogP contribution in [-0.2, 0) is 0 Å². The van der Waals surface area contributed by atoms with Crippen LogP contribution in [0, 0.1) is 0 Å². The van der Waals surface area contributed by atoms with E-state index in [-0.39, 0.29) is 0 Å². The summed E-state index contributed by atoms with van der Waals surface area (Å²) in [7, 11) is 0. The van der Waals surface area contributed by atoms with Crippen molar-refractivity contribution in [1.29, 1.82) is 0 Å². The molecule has 1 atom stereocenters. The third kappa shape index (κ3) is 16.1. The summed E-state index contributed by atoms with van der Waals surface area (Å²) in [6.45, 7) is 4.57. The topological polar surface area (TPSA) is 26.3 Å². The Hall–Kier alpha value is -1.44. The Balaban J connectivity index is 0.000000726. The summed E-state index contributed by atoms with van der Waals surface area (Å²) in [6, 6.07) is 7.77. The van der Waals surface area contributed by atoms with Gasteiger partial charge in [0.15, 0.2) is 0 Å². The molecule has 2 nitrogen and oxygen atoms in total. The SMILES string of the molecule is CCCCCCCCCCCCCCCCCC(C)c1ccco1.c1ccoc1. The van der Waals surface area contributed by atoms with Crippen molar-refractivity contribution >= 4 is 0 Å². The highest BCUT2D eigenvalue weighted by Crippen LogP contribution is 2.22. The first-order valence-electron chi connectivity index (χ1n) is 12.3. The minimum absolute atomic E-state index is 0.585. The molecular weight excluding hydrogens is 356 g/mol. The van der Waals surface area contributed by atoms with Crippen LogP contribution in [0.5, 0.6) is 0 Å². The molecule has 1 unspecified atom stereocenters. The minimum atomic E-state index is 0.585. The molecule has 2 aromatic rings. The Morgan fingerprint density at radius 3 is 1.48 bits per heavy atom. The fraction of sp³-hybridized carbons (Fsp3) is 0.704. The van der Waals surface area contributed by atoms with Gasteiger partial charge < -0.3 is 8.83 Å². The fourth-order valence-corrected chi connectivity index (χ4v) is 3.76. The highest BCUT2D eigenvalue weighted by atomic mass is 16.3. The van der Waals surface area contributed by atoms with Gasteiger partial charge in [0.2, 0.25) is 0 Å². The average Bonchev–Trinajstić information content (AvgIpc) is 3.47. The van der Waals surface area contributed by atoms with Crippen LogP contribution in [0.15, 0.2) is 51.9 Å². The molecule has 2 rings (SSSR count). The first-order valence-corrected chi connectivity index (χ1v) is 12.3. The summed E-state index contributed by atoms with van der Waals surface area (Å²) < 4.78 is 10.1. The molecular formula is C27H46O2. The van der Waals surface area contributed by atoms with Crippen molar-refractivity contribution in [2.45, 2.75) is 122 Å². The van der Waals surface area contributed by atoms with Crippen molar-refractivity contribution < 1.29 is 8.83 Å². The molecule has 0 aliphatic rings. The highest BCUT2D eigenvalue weighted by Gasteiger charge is 2.07. The maximum atomic E-state index is 5.47. The molecule has 29 heavy (non-hydrogen) atoms. The Bertz CT molecular complexity index is 483. The molecule has 2 heterocycles. The lowest BCUT2D eigenvalue weighted by Crippen LogP contribution is -1.91. The van der Waals surface area contributed by atoms with Crippen molar-refractivity contribution in [1.82, 2.24) is 0 Å². The summed E-state index contributed by atoms with van der Waals surface area (Å²) >= 11 is 0. The lowest BCUT2D eigenvalue weighted by atomic mass is 9.99. The highest BCUT2D eigenvalue weighted by molar-refractivity contribution is 5.03. The van der Waals surface area contributed by atoms with E-state index in [0.717, 1.165) is 5.76 Å². The van der Waals surface area contributed by atoms with Gasteiger partial charge in [-0.1, -0.05) is 110 Å². The zero-order valence-corrected chi connectivity index (χ0v) is 19.2. The number of unbranched alkanes of at least 4 members (excludes halogenated alkanes) is 14. The average molecular weight is 403 g/mol. The molecule has 0 bridgehead atoms. The third-order valence-corrected chi connectivity index (χ3v) is 5.69. The lowest BCUT2D eigenvalue weighted by Gasteiger charge is -2.08. The first kappa shape index (κ1) is 25.6. The van der Waals surface area contributed by atoms with Gasteiger partial charge in [0.05, 0.1) is 18.8 Å². The van der Waals surface area contributed by atoms with Crippen LogP contribution in [0.4, 0.5) is 0 Å². The summed E-state index contributed by atoms with van der Waals surface area (Å²) in [4.78, 5) is 0. The molecule has 0 spiro atoms. The predicted molar refractivity (Wildman–Crippen MR) is 125 cm³/mol. The van der Waals surface area contributed by atoms with E-state index in [4.69, 9.17) is 4.42 Å². The molecule has 0 fully saturated rings. The normalized spacial score (nSPS) is 11.8. The van der Waals surface area contributed by atoms with Crippen LogP contribution in [-0.4, -0.2) is 0 Å². The number of rotatable bonds is 17. The minimum Gasteiger partial charge on any atom is -0.473 e. The summed E-state index contributed by atoms with van der Waals surface area (Å²) in [5.74, 6) is 1.74. The van der Waals surface area contributed by atoms with Crippen molar-refractivity contribution in [3.63, 3.8) is 0 Å². The smallest absolute Gasteiger partial charge is 0.106 e. The van der Waals surface area contributed by atoms with E-state index in [9.17, 15) is 0 Å². The van der Waals surface area contributed by atoms with Crippen LogP contribution in [0.2, 0.25) is 0 Å². The summed E-state index contributed by atoms with van der Waals surface area (Å²) in [5.41, 5.74) is 0. The lowest BCUT2D eigenvalue weighted by molar-refractivity contribution is 0.447. The van der Waals surface area contributed by atoms with Crippen LogP contribution in [0.3, 0.4) is 0 Å². The molecule has 0 radical (unpaired) electrons. The second-order valence-electron chi connectivity index (χ2n) is 8.45. The van der Waals surface area contributed by atoms with Crippen LogP contribution in [0.1, 0.15) is 128 Å². The third-order valence-electron chi connectivity index (χ3n) is 5.69. The predicted octanol–water partition coefficient (Wildman–Crippen LogP) is 9.92. The Kier molecular flexibility index (Phi) is 17.5. The van der Waals surface area contributed by atoms with E-state index in [1.165, 1.54) is 103 Å². The molecule has 0 saturated carbocycles. The fourth-order valence-electron chi connectivity index (χ4n) is 3.76. The van der Waals surface area contributed by atoms with Crippen LogP contribution in [0.25, 0.3) is 0 Å². The Morgan fingerprint density at radius 2 is 1.10 bits per heavy atom. The van der Waals surface area contributed by atoms with Crippen LogP contribution >= 0.6 is 0 Å². The maximum Gasteiger partial charge on any atom is 0.106 e. The Labute approximate surface area is 180 Å².